The van der Waals surface area contributed by atoms with Crippen molar-refractivity contribution in [3.8, 4) is 0 Å². The lowest BCUT2D eigenvalue weighted by atomic mass is 10.4. The van der Waals surface area contributed by atoms with E-state index in [0.29, 0.717) is 6.61 Å². The van der Waals surface area contributed by atoms with E-state index in [1.165, 1.54) is 0 Å². The Balaban J connectivity index is 3.03. The summed E-state index contributed by atoms with van der Waals surface area (Å²) in [5, 5.41) is 0. The second-order valence-corrected chi connectivity index (χ2v) is 17.9. The van der Waals surface area contributed by atoms with Crippen molar-refractivity contribution in [3.63, 3.8) is 0 Å². The fourth-order valence-electron chi connectivity index (χ4n) is 2.09. The molecule has 0 aromatic rings. The summed E-state index contributed by atoms with van der Waals surface area (Å²) in [7, 11) is -8.38. The summed E-state index contributed by atoms with van der Waals surface area (Å²) in [6, 6.07) is 4.27. The van der Waals surface area contributed by atoms with Gasteiger partial charge in [0.25, 0.3) is 0 Å². The fraction of sp³-hybridized carbons (Fsp3) is 1.00. The Bertz CT molecular complexity index is 332. The summed E-state index contributed by atoms with van der Waals surface area (Å²) < 4.78 is 38.0. The highest BCUT2D eigenvalue weighted by Crippen LogP contribution is 2.24. The summed E-state index contributed by atoms with van der Waals surface area (Å²) in [5.41, 5.74) is 0. The zero-order valence-electron chi connectivity index (χ0n) is 16.6. The molecule has 0 amide bonds. The molecule has 0 unspecified atom stereocenters. The van der Waals surface area contributed by atoms with Crippen molar-refractivity contribution in [3.05, 3.63) is 0 Å². The van der Waals surface area contributed by atoms with Crippen LogP contribution >= 0.6 is 0 Å². The molecule has 0 bridgehead atoms. The SMILES string of the molecule is CCCCO[Si]1(CC)O[Si](CC)O[Si](CC)O[Si](CC)O[Si](CC)O1. The molecule has 0 spiro atoms. The van der Waals surface area contributed by atoms with Crippen molar-refractivity contribution < 1.29 is 25.0 Å². The molecule has 1 aliphatic heterocycles. The largest absolute Gasteiger partial charge is 0.482 e. The molecule has 11 heteroatoms. The Morgan fingerprint density at radius 1 is 0.680 bits per heavy atom. The van der Waals surface area contributed by atoms with E-state index in [4.69, 9.17) is 25.0 Å². The quantitative estimate of drug-likeness (QED) is 0.402. The van der Waals surface area contributed by atoms with Crippen LogP contribution in [0.3, 0.4) is 0 Å². The van der Waals surface area contributed by atoms with Gasteiger partial charge in [-0.05, 0) is 30.6 Å². The lowest BCUT2D eigenvalue weighted by Crippen LogP contribution is -2.56. The molecule has 0 N–H and O–H groups in total. The third kappa shape index (κ3) is 8.17. The van der Waals surface area contributed by atoms with Crippen molar-refractivity contribution in [2.45, 2.75) is 84.6 Å². The minimum absolute atomic E-state index is 0.682. The molecule has 1 aliphatic rings. The Morgan fingerprint density at radius 2 is 1.12 bits per heavy atom. The van der Waals surface area contributed by atoms with Crippen molar-refractivity contribution in [2.75, 3.05) is 6.61 Å². The third-order valence-corrected chi connectivity index (χ3v) is 17.2. The van der Waals surface area contributed by atoms with E-state index < -0.39 is 45.9 Å². The molecular formula is C14H34O6Si5. The van der Waals surface area contributed by atoms with Crippen LogP contribution in [0.4, 0.5) is 0 Å². The molecule has 146 valence electrons. The second kappa shape index (κ2) is 13.1. The molecule has 1 heterocycles. The lowest BCUT2D eigenvalue weighted by Gasteiger charge is -2.37. The molecule has 1 fully saturated rings. The average molecular weight is 439 g/mol. The summed E-state index contributed by atoms with van der Waals surface area (Å²) in [5.74, 6) is 0. The first-order valence-corrected chi connectivity index (χ1v) is 17.6. The van der Waals surface area contributed by atoms with Crippen molar-refractivity contribution in [1.29, 1.82) is 0 Å². The number of rotatable bonds is 9. The van der Waals surface area contributed by atoms with Crippen LogP contribution in [0.2, 0.25) is 30.2 Å². The molecule has 4 radical (unpaired) electrons. The maximum atomic E-state index is 6.47. The Morgan fingerprint density at radius 3 is 1.48 bits per heavy atom. The molecule has 0 saturated carbocycles. The van der Waals surface area contributed by atoms with Gasteiger partial charge >= 0.3 is 45.9 Å². The predicted octanol–water partition coefficient (Wildman–Crippen LogP) is 3.89. The van der Waals surface area contributed by atoms with Gasteiger partial charge in [-0.1, -0.05) is 48.0 Å². The van der Waals surface area contributed by atoms with Crippen LogP contribution in [-0.4, -0.2) is 52.5 Å². The summed E-state index contributed by atoms with van der Waals surface area (Å²) in [4.78, 5) is 0. The van der Waals surface area contributed by atoms with E-state index in [9.17, 15) is 0 Å². The molecule has 6 nitrogen and oxygen atoms in total. The summed E-state index contributed by atoms with van der Waals surface area (Å²) >= 11 is 0. The minimum atomic E-state index is -2.77. The van der Waals surface area contributed by atoms with Gasteiger partial charge in [-0.15, -0.1) is 0 Å². The van der Waals surface area contributed by atoms with Gasteiger partial charge in [0.2, 0.25) is 0 Å². The second-order valence-electron chi connectivity index (χ2n) is 5.65. The van der Waals surface area contributed by atoms with E-state index in [2.05, 4.69) is 41.5 Å². The molecule has 1 saturated heterocycles. The number of unbranched alkanes of at least 4 members (excludes halogenated alkanes) is 1. The van der Waals surface area contributed by atoms with Crippen LogP contribution in [0, 0.1) is 0 Å². The smallest absolute Gasteiger partial charge is 0.414 e. The molecule has 1 rings (SSSR count). The zero-order chi connectivity index (χ0) is 18.7. The normalized spacial score (nSPS) is 22.3. The van der Waals surface area contributed by atoms with Crippen molar-refractivity contribution in [2.24, 2.45) is 0 Å². The molecule has 0 aromatic heterocycles. The van der Waals surface area contributed by atoms with E-state index in [-0.39, 0.29) is 0 Å². The highest BCUT2D eigenvalue weighted by molar-refractivity contribution is 6.78. The van der Waals surface area contributed by atoms with Gasteiger partial charge in [-0.3, -0.25) is 0 Å². The summed E-state index contributed by atoms with van der Waals surface area (Å²) in [6.45, 7) is 13.4. The van der Waals surface area contributed by atoms with Crippen LogP contribution in [0.25, 0.3) is 0 Å². The Labute approximate surface area is 162 Å². The first-order chi connectivity index (χ1) is 12.1. The lowest BCUT2D eigenvalue weighted by molar-refractivity contribution is 0.139. The van der Waals surface area contributed by atoms with Gasteiger partial charge in [0.15, 0.2) is 0 Å². The van der Waals surface area contributed by atoms with Crippen molar-refractivity contribution in [1.82, 2.24) is 0 Å². The Kier molecular flexibility index (Phi) is 12.5. The van der Waals surface area contributed by atoms with Gasteiger partial charge in [0.05, 0.1) is 0 Å². The summed E-state index contributed by atoms with van der Waals surface area (Å²) in [6.07, 6.45) is 2.11. The molecule has 0 aliphatic carbocycles. The van der Waals surface area contributed by atoms with Crippen LogP contribution in [-0.2, 0) is 25.0 Å². The highest BCUT2D eigenvalue weighted by Gasteiger charge is 2.47. The van der Waals surface area contributed by atoms with Gasteiger partial charge in [-0.25, -0.2) is 0 Å². The van der Waals surface area contributed by atoms with Gasteiger partial charge < -0.3 is 25.0 Å². The monoisotopic (exact) mass is 438 g/mol. The Hall–Kier alpha value is 0.844. The first kappa shape index (κ1) is 23.9. The third-order valence-electron chi connectivity index (χ3n) is 3.63. The van der Waals surface area contributed by atoms with Gasteiger partial charge in [-0.2, -0.15) is 0 Å². The maximum absolute atomic E-state index is 6.47. The van der Waals surface area contributed by atoms with E-state index in [0.717, 1.165) is 43.1 Å². The highest BCUT2D eigenvalue weighted by atomic mass is 28.5. The van der Waals surface area contributed by atoms with Gasteiger partial charge in [0, 0.05) is 12.7 Å². The van der Waals surface area contributed by atoms with Crippen molar-refractivity contribution >= 4 is 45.9 Å². The molecular weight excluding hydrogens is 405 g/mol. The van der Waals surface area contributed by atoms with E-state index in [1.807, 2.05) is 0 Å². The zero-order valence-corrected chi connectivity index (χ0v) is 21.6. The molecule has 25 heavy (non-hydrogen) atoms. The first-order valence-electron chi connectivity index (χ1n) is 9.54. The van der Waals surface area contributed by atoms with Crippen LogP contribution in [0.5, 0.6) is 0 Å². The fourth-order valence-corrected chi connectivity index (χ4v) is 17.5. The average Bonchev–Trinajstić information content (AvgIpc) is 2.64. The number of hydrogen-bond acceptors (Lipinski definition) is 6. The van der Waals surface area contributed by atoms with Crippen LogP contribution < -0.4 is 0 Å². The van der Waals surface area contributed by atoms with E-state index >= 15 is 0 Å². The van der Waals surface area contributed by atoms with Crippen LogP contribution in [0.15, 0.2) is 0 Å². The van der Waals surface area contributed by atoms with E-state index in [1.54, 1.807) is 0 Å². The topological polar surface area (TPSA) is 55.4 Å². The molecule has 0 atom stereocenters. The number of hydrogen-bond donors (Lipinski definition) is 0. The maximum Gasteiger partial charge on any atom is 0.482 e. The standard InChI is InChI=1S/C14H34O6Si5/c1-7-13-14-15-25(12-6)19-23(10-4)17-21(8-2)16-22(9-3)18-24(11-5)20-25/h7-14H2,1-6H3. The predicted molar refractivity (Wildman–Crippen MR) is 107 cm³/mol. The minimum Gasteiger partial charge on any atom is -0.414 e. The molecule has 0 aromatic carbocycles. The van der Waals surface area contributed by atoms with Crippen LogP contribution in [0.1, 0.15) is 54.4 Å². The van der Waals surface area contributed by atoms with Gasteiger partial charge in [0.1, 0.15) is 0 Å².